The van der Waals surface area contributed by atoms with Crippen molar-refractivity contribution in [2.75, 3.05) is 11.4 Å². The number of alkyl halides is 3. The van der Waals surface area contributed by atoms with Crippen molar-refractivity contribution in [3.05, 3.63) is 83.6 Å². The molecule has 0 amide bonds. The van der Waals surface area contributed by atoms with Gasteiger partial charge in [0, 0.05) is 19.3 Å². The van der Waals surface area contributed by atoms with E-state index in [1.165, 1.54) is 26.0 Å². The third kappa shape index (κ3) is 8.68. The van der Waals surface area contributed by atoms with Gasteiger partial charge >= 0.3 is 12.3 Å². The van der Waals surface area contributed by atoms with Crippen LogP contribution in [0.1, 0.15) is 56.7 Å². The normalized spacial score (nSPS) is 11.9. The SMILES string of the molecule is CC(C)c1ccc(N(CCCc2ccc(OC(C)(C)C(=O)O)cc2)Cc2cccc(OC(F)(F)F)c2)nc1. The number of anilines is 1. The number of halogens is 3. The van der Waals surface area contributed by atoms with Crippen molar-refractivity contribution < 1.29 is 32.5 Å². The highest BCUT2D eigenvalue weighted by Gasteiger charge is 2.31. The molecule has 0 saturated heterocycles. The minimum atomic E-state index is -4.75. The second-order valence-corrected chi connectivity index (χ2v) is 9.89. The average molecular weight is 531 g/mol. The van der Waals surface area contributed by atoms with Crippen molar-refractivity contribution in [1.82, 2.24) is 4.98 Å². The first kappa shape index (κ1) is 28.8. The summed E-state index contributed by atoms with van der Waals surface area (Å²) in [5.74, 6) is 0.224. The highest BCUT2D eigenvalue weighted by molar-refractivity contribution is 5.76. The predicted molar refractivity (Wildman–Crippen MR) is 140 cm³/mol. The van der Waals surface area contributed by atoms with Gasteiger partial charge in [-0.2, -0.15) is 0 Å². The maximum Gasteiger partial charge on any atom is 0.573 e. The summed E-state index contributed by atoms with van der Waals surface area (Å²) in [6.45, 7) is 8.12. The van der Waals surface area contributed by atoms with E-state index >= 15 is 0 Å². The molecule has 0 aliphatic heterocycles. The summed E-state index contributed by atoms with van der Waals surface area (Å²) in [7, 11) is 0. The molecule has 0 radical (unpaired) electrons. The molecule has 3 rings (SSSR count). The summed E-state index contributed by atoms with van der Waals surface area (Å²) >= 11 is 0. The first-order valence-electron chi connectivity index (χ1n) is 12.4. The van der Waals surface area contributed by atoms with Gasteiger partial charge in [-0.3, -0.25) is 0 Å². The molecule has 3 aromatic rings. The Kier molecular flexibility index (Phi) is 9.25. The molecule has 0 aliphatic carbocycles. The standard InChI is InChI=1S/C29H33F3N2O4/c1-20(2)23-12-15-26(33-18-23)34(19-22-7-5-9-25(17-22)38-29(30,31)32)16-6-8-21-10-13-24(14-11-21)37-28(3,4)27(35)36/h5,7,9-15,17-18,20H,6,8,16,19H2,1-4H3,(H,35,36). The summed E-state index contributed by atoms with van der Waals surface area (Å²) in [6.07, 6.45) is -1.43. The number of aromatic nitrogens is 1. The lowest BCUT2D eigenvalue weighted by molar-refractivity contribution is -0.274. The number of carboxylic acid groups (broad SMARTS) is 1. The fourth-order valence-corrected chi connectivity index (χ4v) is 3.80. The van der Waals surface area contributed by atoms with Crippen LogP contribution in [0.25, 0.3) is 0 Å². The molecule has 1 aromatic heterocycles. The molecular weight excluding hydrogens is 497 g/mol. The number of carboxylic acids is 1. The second-order valence-electron chi connectivity index (χ2n) is 9.89. The maximum absolute atomic E-state index is 12.7. The number of rotatable bonds is 12. The van der Waals surface area contributed by atoms with Crippen molar-refractivity contribution in [2.24, 2.45) is 0 Å². The van der Waals surface area contributed by atoms with Crippen molar-refractivity contribution >= 4 is 11.8 Å². The van der Waals surface area contributed by atoms with Gasteiger partial charge in [0.2, 0.25) is 0 Å². The minimum Gasteiger partial charge on any atom is -0.478 e. The number of pyridine rings is 1. The highest BCUT2D eigenvalue weighted by Crippen LogP contribution is 2.26. The van der Waals surface area contributed by atoms with Gasteiger partial charge in [0.1, 0.15) is 17.3 Å². The number of hydrogen-bond acceptors (Lipinski definition) is 5. The van der Waals surface area contributed by atoms with Crippen LogP contribution in [0.15, 0.2) is 66.9 Å². The number of nitrogens with zero attached hydrogens (tertiary/aromatic N) is 2. The van der Waals surface area contributed by atoms with Crippen LogP contribution in [0, 0.1) is 0 Å². The largest absolute Gasteiger partial charge is 0.573 e. The Labute approximate surface area is 221 Å². The lowest BCUT2D eigenvalue weighted by Crippen LogP contribution is -2.37. The number of carbonyl (C=O) groups is 1. The second kappa shape index (κ2) is 12.2. The van der Waals surface area contributed by atoms with Crippen LogP contribution >= 0.6 is 0 Å². The van der Waals surface area contributed by atoms with Crippen LogP contribution in [0.4, 0.5) is 19.0 Å². The van der Waals surface area contributed by atoms with Crippen LogP contribution in [0.5, 0.6) is 11.5 Å². The van der Waals surface area contributed by atoms with E-state index < -0.39 is 17.9 Å². The topological polar surface area (TPSA) is 71.9 Å². The lowest BCUT2D eigenvalue weighted by atomic mass is 10.1. The third-order valence-corrected chi connectivity index (χ3v) is 5.97. The Morgan fingerprint density at radius 2 is 1.68 bits per heavy atom. The van der Waals surface area contributed by atoms with Crippen molar-refractivity contribution in [2.45, 2.75) is 65.0 Å². The van der Waals surface area contributed by atoms with Crippen molar-refractivity contribution in [3.8, 4) is 11.5 Å². The first-order valence-corrected chi connectivity index (χ1v) is 12.4. The molecule has 0 atom stereocenters. The zero-order valence-electron chi connectivity index (χ0n) is 22.0. The molecule has 9 heteroatoms. The first-order chi connectivity index (χ1) is 17.8. The van der Waals surface area contributed by atoms with E-state index in [2.05, 4.69) is 23.6 Å². The summed E-state index contributed by atoms with van der Waals surface area (Å²) in [6, 6.07) is 17.2. The Bertz CT molecular complexity index is 1190. The fraction of sp³-hybridized carbons (Fsp3) is 0.379. The van der Waals surface area contributed by atoms with Crippen molar-refractivity contribution in [1.29, 1.82) is 0 Å². The molecule has 0 fully saturated rings. The smallest absolute Gasteiger partial charge is 0.478 e. The quantitative estimate of drug-likeness (QED) is 0.272. The maximum atomic E-state index is 12.7. The molecule has 0 spiro atoms. The van der Waals surface area contributed by atoms with Crippen LogP contribution in [-0.4, -0.2) is 34.6 Å². The molecule has 0 bridgehead atoms. The van der Waals surface area contributed by atoms with Crippen LogP contribution in [-0.2, 0) is 17.8 Å². The molecule has 204 valence electrons. The molecule has 6 nitrogen and oxygen atoms in total. The van der Waals surface area contributed by atoms with Crippen molar-refractivity contribution in [3.63, 3.8) is 0 Å². The van der Waals surface area contributed by atoms with Gasteiger partial charge in [-0.25, -0.2) is 9.78 Å². The number of aliphatic carboxylic acids is 1. The van der Waals surface area contributed by atoms with E-state index in [0.717, 1.165) is 29.8 Å². The molecule has 0 unspecified atom stereocenters. The highest BCUT2D eigenvalue weighted by atomic mass is 19.4. The molecular formula is C29H33F3N2O4. The Morgan fingerprint density at radius 3 is 2.26 bits per heavy atom. The molecule has 2 aromatic carbocycles. The fourth-order valence-electron chi connectivity index (χ4n) is 3.80. The van der Waals surface area contributed by atoms with E-state index in [4.69, 9.17) is 4.74 Å². The van der Waals surface area contributed by atoms with Gasteiger partial charge < -0.3 is 19.5 Å². The van der Waals surface area contributed by atoms with Gasteiger partial charge in [0.25, 0.3) is 0 Å². The van der Waals surface area contributed by atoms with Gasteiger partial charge in [0.05, 0.1) is 0 Å². The van der Waals surface area contributed by atoms with E-state index in [1.54, 1.807) is 24.3 Å². The van der Waals surface area contributed by atoms with Crippen LogP contribution in [0.3, 0.4) is 0 Å². The zero-order valence-corrected chi connectivity index (χ0v) is 22.0. The summed E-state index contributed by atoms with van der Waals surface area (Å²) in [5.41, 5.74) is 1.49. The molecule has 1 N–H and O–H groups in total. The van der Waals surface area contributed by atoms with Crippen LogP contribution in [0.2, 0.25) is 0 Å². The molecule has 0 saturated carbocycles. The molecule has 1 heterocycles. The van der Waals surface area contributed by atoms with Gasteiger partial charge in [-0.05, 0) is 79.6 Å². The average Bonchev–Trinajstić information content (AvgIpc) is 2.83. The predicted octanol–water partition coefficient (Wildman–Crippen LogP) is 6.99. The Hall–Kier alpha value is -3.75. The Morgan fingerprint density at radius 1 is 0.974 bits per heavy atom. The number of aryl methyl sites for hydroxylation is 1. The lowest BCUT2D eigenvalue weighted by Gasteiger charge is -2.25. The third-order valence-electron chi connectivity index (χ3n) is 5.97. The molecule has 0 aliphatic rings. The number of ether oxygens (including phenoxy) is 2. The monoisotopic (exact) mass is 530 g/mol. The van der Waals surface area contributed by atoms with Gasteiger partial charge in [0.15, 0.2) is 5.60 Å². The minimum absolute atomic E-state index is 0.258. The number of hydrogen-bond donors (Lipinski definition) is 1. The Balaban J connectivity index is 1.70. The number of benzene rings is 2. The van der Waals surface area contributed by atoms with Crippen LogP contribution < -0.4 is 14.4 Å². The summed E-state index contributed by atoms with van der Waals surface area (Å²) in [4.78, 5) is 17.9. The van der Waals surface area contributed by atoms with E-state index in [1.807, 2.05) is 35.4 Å². The summed E-state index contributed by atoms with van der Waals surface area (Å²) < 4.78 is 47.7. The molecule has 38 heavy (non-hydrogen) atoms. The van der Waals surface area contributed by atoms with Gasteiger partial charge in [-0.1, -0.05) is 44.2 Å². The van der Waals surface area contributed by atoms with E-state index in [0.29, 0.717) is 30.3 Å². The van der Waals surface area contributed by atoms with E-state index in [-0.39, 0.29) is 5.75 Å². The van der Waals surface area contributed by atoms with Gasteiger partial charge in [-0.15, -0.1) is 13.2 Å². The van der Waals surface area contributed by atoms with E-state index in [9.17, 15) is 23.1 Å². The zero-order chi connectivity index (χ0) is 27.9. The summed E-state index contributed by atoms with van der Waals surface area (Å²) in [5, 5.41) is 9.24.